The highest BCUT2D eigenvalue weighted by molar-refractivity contribution is 5.89. The number of aromatic nitrogens is 1. The van der Waals surface area contributed by atoms with Crippen molar-refractivity contribution in [2.45, 2.75) is 51.5 Å². The fourth-order valence-corrected chi connectivity index (χ4v) is 4.98. The van der Waals surface area contributed by atoms with Gasteiger partial charge in [0.1, 0.15) is 5.56 Å². The second-order valence-electron chi connectivity index (χ2n) is 8.37. The first-order valence-corrected chi connectivity index (χ1v) is 10.4. The Balaban J connectivity index is 1.85. The number of aromatic carboxylic acids is 1. The lowest BCUT2D eigenvalue weighted by Crippen LogP contribution is -2.35. The maximum absolute atomic E-state index is 15.2. The molecule has 2 aromatic rings. The standard InChI is InChI=1S/C22H28FN3O3/c1-4-18(24-3)14-7-8-25(10-14)20-12(2)19-15(13-5-6-13)9-16(22(28)29)21(27)26(19)11-17(20)23/h9,11,13-14,18,24H,4-8,10H2,1-3H3,(H,28,29)/t14-,18-/m1/s1. The van der Waals surface area contributed by atoms with Crippen molar-refractivity contribution >= 4 is 17.2 Å². The van der Waals surface area contributed by atoms with Crippen LogP contribution in [0.2, 0.25) is 0 Å². The lowest BCUT2D eigenvalue weighted by molar-refractivity contribution is 0.0694. The molecule has 0 amide bonds. The van der Waals surface area contributed by atoms with E-state index in [9.17, 15) is 14.7 Å². The van der Waals surface area contributed by atoms with Crippen molar-refractivity contribution in [2.75, 3.05) is 25.0 Å². The van der Waals surface area contributed by atoms with Crippen molar-refractivity contribution in [3.05, 3.63) is 45.1 Å². The maximum Gasteiger partial charge on any atom is 0.341 e. The first kappa shape index (κ1) is 19.9. The number of carbonyl (C=O) groups is 1. The molecule has 0 aromatic carbocycles. The van der Waals surface area contributed by atoms with Crippen molar-refractivity contribution in [1.82, 2.24) is 9.72 Å². The molecule has 2 fully saturated rings. The van der Waals surface area contributed by atoms with Gasteiger partial charge in [0.15, 0.2) is 5.82 Å². The number of anilines is 1. The average Bonchev–Trinajstić information content (AvgIpc) is 3.42. The first-order chi connectivity index (χ1) is 13.9. The minimum absolute atomic E-state index is 0.237. The molecule has 1 saturated carbocycles. The minimum Gasteiger partial charge on any atom is -0.477 e. The molecule has 0 radical (unpaired) electrons. The number of nitrogens with one attached hydrogen (secondary N) is 1. The Morgan fingerprint density at radius 3 is 2.69 bits per heavy atom. The van der Waals surface area contributed by atoms with Crippen molar-refractivity contribution in [1.29, 1.82) is 0 Å². The number of fused-ring (bicyclic) bond motifs is 1. The first-order valence-electron chi connectivity index (χ1n) is 10.4. The summed E-state index contributed by atoms with van der Waals surface area (Å²) >= 11 is 0. The average molecular weight is 401 g/mol. The molecule has 1 aliphatic carbocycles. The van der Waals surface area contributed by atoms with Gasteiger partial charge in [-0.3, -0.25) is 9.20 Å². The van der Waals surface area contributed by atoms with E-state index < -0.39 is 17.3 Å². The minimum atomic E-state index is -1.27. The number of halogens is 1. The molecule has 2 aliphatic rings. The predicted octanol–water partition coefficient (Wildman–Crippen LogP) is 3.15. The van der Waals surface area contributed by atoms with Gasteiger partial charge >= 0.3 is 5.97 Å². The molecule has 2 aromatic heterocycles. The van der Waals surface area contributed by atoms with Crippen LogP contribution in [0, 0.1) is 18.7 Å². The molecule has 1 aliphatic heterocycles. The van der Waals surface area contributed by atoms with Crippen LogP contribution in [0.15, 0.2) is 17.1 Å². The van der Waals surface area contributed by atoms with Crippen LogP contribution in [0.25, 0.3) is 5.52 Å². The Kier molecular flexibility index (Phi) is 5.11. The van der Waals surface area contributed by atoms with E-state index >= 15 is 4.39 Å². The fraction of sp³-hybridized carbons (Fsp3) is 0.545. The van der Waals surface area contributed by atoms with Gasteiger partial charge in [-0.2, -0.15) is 0 Å². The largest absolute Gasteiger partial charge is 0.477 e. The van der Waals surface area contributed by atoms with Crippen molar-refractivity contribution in [2.24, 2.45) is 5.92 Å². The summed E-state index contributed by atoms with van der Waals surface area (Å²) in [6, 6.07) is 1.90. The highest BCUT2D eigenvalue weighted by atomic mass is 19.1. The Morgan fingerprint density at radius 2 is 2.10 bits per heavy atom. The van der Waals surface area contributed by atoms with Crippen LogP contribution in [-0.2, 0) is 0 Å². The number of hydrogen-bond acceptors (Lipinski definition) is 4. The summed E-state index contributed by atoms with van der Waals surface area (Å²) in [5.74, 6) is -1.06. The quantitative estimate of drug-likeness (QED) is 0.778. The zero-order valence-corrected chi connectivity index (χ0v) is 17.2. The third-order valence-corrected chi connectivity index (χ3v) is 6.61. The fourth-order valence-electron chi connectivity index (χ4n) is 4.98. The summed E-state index contributed by atoms with van der Waals surface area (Å²) in [4.78, 5) is 26.3. The molecule has 156 valence electrons. The van der Waals surface area contributed by atoms with E-state index in [1.165, 1.54) is 16.7 Å². The lowest BCUT2D eigenvalue weighted by Gasteiger charge is -2.26. The van der Waals surface area contributed by atoms with Gasteiger partial charge in [-0.25, -0.2) is 9.18 Å². The summed E-state index contributed by atoms with van der Waals surface area (Å²) < 4.78 is 16.4. The van der Waals surface area contributed by atoms with E-state index in [0.29, 0.717) is 23.2 Å². The summed E-state index contributed by atoms with van der Waals surface area (Å²) in [6.45, 7) is 5.54. The van der Waals surface area contributed by atoms with Crippen LogP contribution < -0.4 is 15.8 Å². The molecule has 4 rings (SSSR count). The molecule has 1 saturated heterocycles. The Hall–Kier alpha value is -2.41. The topological polar surface area (TPSA) is 74.0 Å². The van der Waals surface area contributed by atoms with Gasteiger partial charge in [0, 0.05) is 19.1 Å². The molecule has 2 atom stereocenters. The molecule has 0 unspecified atom stereocenters. The number of carboxylic acids is 1. The lowest BCUT2D eigenvalue weighted by atomic mass is 9.97. The van der Waals surface area contributed by atoms with Gasteiger partial charge in [0.25, 0.3) is 5.56 Å². The van der Waals surface area contributed by atoms with Crippen LogP contribution in [-0.4, -0.2) is 41.7 Å². The van der Waals surface area contributed by atoms with E-state index in [4.69, 9.17) is 0 Å². The predicted molar refractivity (Wildman–Crippen MR) is 111 cm³/mol. The Labute approximate surface area is 169 Å². The molecular weight excluding hydrogens is 373 g/mol. The smallest absolute Gasteiger partial charge is 0.341 e. The van der Waals surface area contributed by atoms with Gasteiger partial charge in [-0.05, 0) is 68.7 Å². The molecule has 29 heavy (non-hydrogen) atoms. The zero-order valence-electron chi connectivity index (χ0n) is 17.2. The van der Waals surface area contributed by atoms with Gasteiger partial charge in [0.2, 0.25) is 0 Å². The van der Waals surface area contributed by atoms with E-state index in [1.54, 1.807) is 0 Å². The van der Waals surface area contributed by atoms with E-state index in [-0.39, 0.29) is 11.5 Å². The van der Waals surface area contributed by atoms with Crippen molar-refractivity contribution in [3.63, 3.8) is 0 Å². The SMILES string of the molecule is CC[C@@H](NC)[C@@H]1CCN(c2c(F)cn3c(=O)c(C(=O)O)cc(C4CC4)c3c2C)C1. The van der Waals surface area contributed by atoms with Gasteiger partial charge < -0.3 is 15.3 Å². The molecule has 7 heteroatoms. The van der Waals surface area contributed by atoms with E-state index in [0.717, 1.165) is 49.9 Å². The molecular formula is C22H28FN3O3. The van der Waals surface area contributed by atoms with Gasteiger partial charge in [0.05, 0.1) is 17.4 Å². The third kappa shape index (κ3) is 3.31. The number of nitrogens with zero attached hydrogens (tertiary/aromatic N) is 2. The zero-order chi connectivity index (χ0) is 20.9. The Morgan fingerprint density at radius 1 is 1.38 bits per heavy atom. The number of aryl methyl sites for hydroxylation is 1. The molecule has 0 bridgehead atoms. The number of pyridine rings is 2. The molecule has 3 heterocycles. The summed E-state index contributed by atoms with van der Waals surface area (Å²) in [5.41, 5.74) is 1.81. The number of hydrogen-bond donors (Lipinski definition) is 2. The Bertz CT molecular complexity index is 1020. The van der Waals surface area contributed by atoms with Gasteiger partial charge in [-0.15, -0.1) is 0 Å². The summed E-state index contributed by atoms with van der Waals surface area (Å²) in [6.07, 6.45) is 5.12. The van der Waals surface area contributed by atoms with Crippen LogP contribution >= 0.6 is 0 Å². The molecule has 0 spiro atoms. The number of rotatable bonds is 6. The molecule has 2 N–H and O–H groups in total. The van der Waals surface area contributed by atoms with Gasteiger partial charge in [-0.1, -0.05) is 6.92 Å². The second kappa shape index (κ2) is 7.44. The highest BCUT2D eigenvalue weighted by Gasteiger charge is 2.33. The third-order valence-electron chi connectivity index (χ3n) is 6.61. The van der Waals surface area contributed by atoms with E-state index in [2.05, 4.69) is 17.1 Å². The molecule has 6 nitrogen and oxygen atoms in total. The summed E-state index contributed by atoms with van der Waals surface area (Å²) in [7, 11) is 1.97. The van der Waals surface area contributed by atoms with Crippen LogP contribution in [0.3, 0.4) is 0 Å². The normalized spacial score (nSPS) is 20.4. The monoisotopic (exact) mass is 401 g/mol. The van der Waals surface area contributed by atoms with Crippen molar-refractivity contribution in [3.8, 4) is 0 Å². The number of carboxylic acid groups (broad SMARTS) is 1. The van der Waals surface area contributed by atoms with E-state index in [1.807, 2.05) is 14.0 Å². The van der Waals surface area contributed by atoms with Crippen LogP contribution in [0.5, 0.6) is 0 Å². The van der Waals surface area contributed by atoms with Crippen LogP contribution in [0.4, 0.5) is 10.1 Å². The summed E-state index contributed by atoms with van der Waals surface area (Å²) in [5, 5.41) is 12.8. The van der Waals surface area contributed by atoms with Crippen LogP contribution in [0.1, 0.15) is 60.0 Å². The maximum atomic E-state index is 15.2. The second-order valence-corrected chi connectivity index (χ2v) is 8.37. The highest BCUT2D eigenvalue weighted by Crippen LogP contribution is 2.44. The van der Waals surface area contributed by atoms with Crippen molar-refractivity contribution < 1.29 is 14.3 Å².